The molecule has 7 heteroatoms. The quantitative estimate of drug-likeness (QED) is 0.869. The molecular weight excluding hydrogens is 288 g/mol. The summed E-state index contributed by atoms with van der Waals surface area (Å²) in [6.45, 7) is 3.42. The molecule has 1 aromatic carbocycles. The molecule has 0 aliphatic carbocycles. The van der Waals surface area contributed by atoms with Crippen LogP contribution in [0.2, 0.25) is 0 Å². The summed E-state index contributed by atoms with van der Waals surface area (Å²) >= 11 is 0. The van der Waals surface area contributed by atoms with E-state index in [2.05, 4.69) is 5.32 Å². The fraction of sp³-hybridized carbons (Fsp3) is 0.417. The second-order valence-electron chi connectivity index (χ2n) is 4.36. The summed E-state index contributed by atoms with van der Waals surface area (Å²) in [7, 11) is -3.19. The van der Waals surface area contributed by atoms with E-state index < -0.39 is 15.9 Å². The average molecular weight is 307 g/mol. The normalized spacial score (nSPS) is 14.1. The molecule has 1 amide bonds. The highest BCUT2D eigenvalue weighted by Crippen LogP contribution is 2.16. The van der Waals surface area contributed by atoms with Gasteiger partial charge < -0.3 is 11.1 Å². The highest BCUT2D eigenvalue weighted by atomic mass is 35.5. The monoisotopic (exact) mass is 306 g/mol. The van der Waals surface area contributed by atoms with Crippen LogP contribution in [0.3, 0.4) is 0 Å². The van der Waals surface area contributed by atoms with Crippen LogP contribution in [0, 0.1) is 0 Å². The Hall–Kier alpha value is -1.11. The molecule has 2 atom stereocenters. The lowest BCUT2D eigenvalue weighted by Gasteiger charge is -2.16. The van der Waals surface area contributed by atoms with Gasteiger partial charge in [-0.05, 0) is 31.5 Å². The number of carbonyl (C=O) groups is 1. The molecule has 3 N–H and O–H groups in total. The predicted octanol–water partition coefficient (Wildman–Crippen LogP) is 1.04. The number of benzene rings is 1. The highest BCUT2D eigenvalue weighted by Gasteiger charge is 2.13. The second-order valence-corrected chi connectivity index (χ2v) is 6.38. The molecule has 0 fully saturated rings. The van der Waals surface area contributed by atoms with E-state index in [4.69, 9.17) is 5.73 Å². The first kappa shape index (κ1) is 17.9. The van der Waals surface area contributed by atoms with E-state index in [0.29, 0.717) is 0 Å². The van der Waals surface area contributed by atoms with Gasteiger partial charge in [-0.3, -0.25) is 4.79 Å². The number of carbonyl (C=O) groups excluding carboxylic acids is 1. The second kappa shape index (κ2) is 6.88. The lowest BCUT2D eigenvalue weighted by atomic mass is 10.1. The van der Waals surface area contributed by atoms with Crippen molar-refractivity contribution in [3.8, 4) is 0 Å². The number of sulfone groups is 1. The zero-order chi connectivity index (χ0) is 13.9. The Bertz CT molecular complexity index is 526. The highest BCUT2D eigenvalue weighted by molar-refractivity contribution is 7.90. The zero-order valence-electron chi connectivity index (χ0n) is 11.1. The maximum atomic E-state index is 11.4. The van der Waals surface area contributed by atoms with Gasteiger partial charge in [0.2, 0.25) is 5.91 Å². The lowest BCUT2D eigenvalue weighted by Crippen LogP contribution is -2.39. The third kappa shape index (κ3) is 5.18. The average Bonchev–Trinajstić information content (AvgIpc) is 2.27. The Balaban J connectivity index is 0.00000324. The van der Waals surface area contributed by atoms with E-state index in [1.807, 2.05) is 6.92 Å². The molecule has 1 aromatic rings. The molecule has 0 radical (unpaired) electrons. The molecule has 0 saturated heterocycles. The first-order valence-electron chi connectivity index (χ1n) is 5.58. The first-order chi connectivity index (χ1) is 8.21. The van der Waals surface area contributed by atoms with Gasteiger partial charge in [-0.2, -0.15) is 0 Å². The molecule has 1 unspecified atom stereocenters. The molecule has 0 heterocycles. The molecule has 1 rings (SSSR count). The van der Waals surface area contributed by atoms with Crippen molar-refractivity contribution in [2.24, 2.45) is 5.73 Å². The SMILES string of the molecule is CC(NC(=O)[C@@H](C)N)c1ccc(S(C)(=O)=O)cc1.Cl. The number of halogens is 1. The first-order valence-corrected chi connectivity index (χ1v) is 7.47. The molecule has 0 saturated carbocycles. The zero-order valence-corrected chi connectivity index (χ0v) is 12.7. The van der Waals surface area contributed by atoms with Gasteiger partial charge in [-0.25, -0.2) is 8.42 Å². The van der Waals surface area contributed by atoms with Crippen molar-refractivity contribution in [3.05, 3.63) is 29.8 Å². The van der Waals surface area contributed by atoms with E-state index in [-0.39, 0.29) is 29.3 Å². The third-order valence-electron chi connectivity index (χ3n) is 2.58. The minimum Gasteiger partial charge on any atom is -0.348 e. The fourth-order valence-electron chi connectivity index (χ4n) is 1.43. The Labute approximate surface area is 119 Å². The molecule has 0 spiro atoms. The molecule has 0 bridgehead atoms. The van der Waals surface area contributed by atoms with E-state index in [1.54, 1.807) is 19.1 Å². The number of nitrogens with two attached hydrogens (primary N) is 1. The number of amides is 1. The predicted molar refractivity (Wildman–Crippen MR) is 77.0 cm³/mol. The molecule has 0 aliphatic rings. The van der Waals surface area contributed by atoms with Gasteiger partial charge in [-0.15, -0.1) is 12.4 Å². The van der Waals surface area contributed by atoms with Crippen LogP contribution in [-0.4, -0.2) is 26.6 Å². The summed E-state index contributed by atoms with van der Waals surface area (Å²) in [5.41, 5.74) is 6.28. The summed E-state index contributed by atoms with van der Waals surface area (Å²) < 4.78 is 22.6. The van der Waals surface area contributed by atoms with Crippen LogP contribution in [0.25, 0.3) is 0 Å². The van der Waals surface area contributed by atoms with Crippen LogP contribution < -0.4 is 11.1 Å². The molecule has 0 aromatic heterocycles. The molecule has 108 valence electrons. The van der Waals surface area contributed by atoms with Crippen LogP contribution in [0.4, 0.5) is 0 Å². The summed E-state index contributed by atoms with van der Waals surface area (Å²) in [5, 5.41) is 2.74. The van der Waals surface area contributed by atoms with E-state index >= 15 is 0 Å². The van der Waals surface area contributed by atoms with Gasteiger partial charge in [0.1, 0.15) is 0 Å². The van der Waals surface area contributed by atoms with Crippen molar-refractivity contribution in [1.82, 2.24) is 5.32 Å². The molecule has 5 nitrogen and oxygen atoms in total. The van der Waals surface area contributed by atoms with Gasteiger partial charge in [-0.1, -0.05) is 12.1 Å². The molecular formula is C12H19ClN2O3S. The smallest absolute Gasteiger partial charge is 0.237 e. The van der Waals surface area contributed by atoms with Crippen molar-refractivity contribution < 1.29 is 13.2 Å². The Morgan fingerprint density at radius 1 is 1.21 bits per heavy atom. The maximum absolute atomic E-state index is 11.4. The van der Waals surface area contributed by atoms with Crippen molar-refractivity contribution in [2.45, 2.75) is 30.8 Å². The third-order valence-corrected chi connectivity index (χ3v) is 3.71. The Kier molecular flexibility index (Phi) is 6.48. The summed E-state index contributed by atoms with van der Waals surface area (Å²) in [6, 6.07) is 5.64. The van der Waals surface area contributed by atoms with Gasteiger partial charge in [0, 0.05) is 6.26 Å². The van der Waals surface area contributed by atoms with Crippen LogP contribution >= 0.6 is 12.4 Å². The fourth-order valence-corrected chi connectivity index (χ4v) is 2.06. The van der Waals surface area contributed by atoms with Gasteiger partial charge in [0.15, 0.2) is 9.84 Å². The number of rotatable bonds is 4. The van der Waals surface area contributed by atoms with Crippen molar-refractivity contribution in [2.75, 3.05) is 6.26 Å². The van der Waals surface area contributed by atoms with Gasteiger partial charge in [0.05, 0.1) is 17.0 Å². The van der Waals surface area contributed by atoms with Crippen molar-refractivity contribution in [3.63, 3.8) is 0 Å². The van der Waals surface area contributed by atoms with Gasteiger partial charge >= 0.3 is 0 Å². The van der Waals surface area contributed by atoms with Crippen LogP contribution in [0.1, 0.15) is 25.5 Å². The van der Waals surface area contributed by atoms with E-state index in [0.717, 1.165) is 11.8 Å². The number of hydrogen-bond acceptors (Lipinski definition) is 4. The van der Waals surface area contributed by atoms with E-state index in [9.17, 15) is 13.2 Å². The number of nitrogens with one attached hydrogen (secondary N) is 1. The molecule has 0 aliphatic heterocycles. The largest absolute Gasteiger partial charge is 0.348 e. The Morgan fingerprint density at radius 2 is 1.68 bits per heavy atom. The minimum absolute atomic E-state index is 0. The lowest BCUT2D eigenvalue weighted by molar-refractivity contribution is -0.122. The van der Waals surface area contributed by atoms with Crippen LogP contribution in [0.15, 0.2) is 29.2 Å². The van der Waals surface area contributed by atoms with Crippen molar-refractivity contribution >= 4 is 28.2 Å². The van der Waals surface area contributed by atoms with Gasteiger partial charge in [0.25, 0.3) is 0 Å². The minimum atomic E-state index is -3.19. The number of hydrogen-bond donors (Lipinski definition) is 2. The van der Waals surface area contributed by atoms with E-state index in [1.165, 1.54) is 12.1 Å². The summed E-state index contributed by atoms with van der Waals surface area (Å²) in [6.07, 6.45) is 1.16. The standard InChI is InChI=1S/C12H18N2O3S.ClH/c1-8(13)12(15)14-9(2)10-4-6-11(7-5-10)18(3,16)17;/h4-9H,13H2,1-3H3,(H,14,15);1H/t8-,9?;/m1./s1. The van der Waals surface area contributed by atoms with Crippen LogP contribution in [0.5, 0.6) is 0 Å². The maximum Gasteiger partial charge on any atom is 0.237 e. The topological polar surface area (TPSA) is 89.3 Å². The van der Waals surface area contributed by atoms with Crippen LogP contribution in [-0.2, 0) is 14.6 Å². The molecule has 19 heavy (non-hydrogen) atoms. The Morgan fingerprint density at radius 3 is 2.05 bits per heavy atom. The summed E-state index contributed by atoms with van der Waals surface area (Å²) in [5.74, 6) is -0.241. The van der Waals surface area contributed by atoms with Crippen molar-refractivity contribution in [1.29, 1.82) is 0 Å². The summed E-state index contributed by atoms with van der Waals surface area (Å²) in [4.78, 5) is 11.7.